The molecule has 80 valence electrons. The molecular weight excluding hydrogens is 192 g/mol. The minimum atomic E-state index is -1.32. The highest BCUT2D eigenvalue weighted by molar-refractivity contribution is 6.01. The van der Waals surface area contributed by atoms with Crippen LogP contribution in [0.25, 0.3) is 0 Å². The van der Waals surface area contributed by atoms with E-state index in [0.717, 1.165) is 5.56 Å². The number of rotatable bonds is 4. The van der Waals surface area contributed by atoms with Crippen LogP contribution in [0.3, 0.4) is 0 Å². The molecule has 0 spiro atoms. The van der Waals surface area contributed by atoms with Crippen molar-refractivity contribution in [2.45, 2.75) is 20.3 Å². The van der Waals surface area contributed by atoms with E-state index >= 15 is 0 Å². The number of carbonyl (C=O) groups is 2. The van der Waals surface area contributed by atoms with Gasteiger partial charge < -0.3 is 5.11 Å². The monoisotopic (exact) mass is 206 g/mol. The SMILES string of the molecule is CC(=O)C(C)(Cc1ccccc1)C(=O)O. The first-order valence-electron chi connectivity index (χ1n) is 4.75. The van der Waals surface area contributed by atoms with E-state index in [1.807, 2.05) is 30.3 Å². The first-order chi connectivity index (χ1) is 6.97. The van der Waals surface area contributed by atoms with Crippen molar-refractivity contribution >= 4 is 11.8 Å². The van der Waals surface area contributed by atoms with E-state index in [-0.39, 0.29) is 12.2 Å². The first-order valence-corrected chi connectivity index (χ1v) is 4.75. The van der Waals surface area contributed by atoms with Crippen molar-refractivity contribution in [2.24, 2.45) is 5.41 Å². The molecule has 0 aliphatic rings. The number of carboxylic acids is 1. The van der Waals surface area contributed by atoms with Crippen LogP contribution in [-0.2, 0) is 16.0 Å². The number of Topliss-reactive ketones (excluding diaryl/α,β-unsaturated/α-hetero) is 1. The summed E-state index contributed by atoms with van der Waals surface area (Å²) in [6.45, 7) is 2.78. The molecule has 0 saturated carbocycles. The fraction of sp³-hybridized carbons (Fsp3) is 0.333. The highest BCUT2D eigenvalue weighted by atomic mass is 16.4. The van der Waals surface area contributed by atoms with Gasteiger partial charge in [-0.05, 0) is 25.8 Å². The van der Waals surface area contributed by atoms with Crippen molar-refractivity contribution in [3.8, 4) is 0 Å². The predicted molar refractivity (Wildman–Crippen MR) is 56.6 cm³/mol. The maximum Gasteiger partial charge on any atom is 0.317 e. The van der Waals surface area contributed by atoms with Crippen LogP contribution in [0, 0.1) is 5.41 Å². The average molecular weight is 206 g/mol. The molecule has 0 bridgehead atoms. The van der Waals surface area contributed by atoms with Crippen LogP contribution in [0.4, 0.5) is 0 Å². The van der Waals surface area contributed by atoms with Gasteiger partial charge in [0.05, 0.1) is 0 Å². The van der Waals surface area contributed by atoms with Crippen LogP contribution in [0.15, 0.2) is 30.3 Å². The summed E-state index contributed by atoms with van der Waals surface area (Å²) in [6.07, 6.45) is 0.235. The standard InChI is InChI=1S/C12H14O3/c1-9(13)12(2,11(14)15)8-10-6-4-3-5-7-10/h3-7H,8H2,1-2H3,(H,14,15). The quantitative estimate of drug-likeness (QED) is 0.765. The van der Waals surface area contributed by atoms with E-state index in [1.54, 1.807) is 0 Å². The van der Waals surface area contributed by atoms with Crippen molar-refractivity contribution in [3.63, 3.8) is 0 Å². The Labute approximate surface area is 88.7 Å². The molecular formula is C12H14O3. The van der Waals surface area contributed by atoms with Crippen LogP contribution in [0.1, 0.15) is 19.4 Å². The zero-order chi connectivity index (χ0) is 11.5. The lowest BCUT2D eigenvalue weighted by Gasteiger charge is -2.21. The predicted octanol–water partition coefficient (Wildman–Crippen LogP) is 1.91. The lowest BCUT2D eigenvalue weighted by Crippen LogP contribution is -2.36. The van der Waals surface area contributed by atoms with Gasteiger partial charge in [-0.2, -0.15) is 0 Å². The second-order valence-electron chi connectivity index (χ2n) is 3.86. The summed E-state index contributed by atoms with van der Waals surface area (Å²) in [7, 11) is 0. The largest absolute Gasteiger partial charge is 0.480 e. The van der Waals surface area contributed by atoms with Gasteiger partial charge in [-0.25, -0.2) is 0 Å². The summed E-state index contributed by atoms with van der Waals surface area (Å²) in [5.74, 6) is -1.39. The van der Waals surface area contributed by atoms with Crippen LogP contribution in [-0.4, -0.2) is 16.9 Å². The molecule has 0 aliphatic carbocycles. The molecule has 3 heteroatoms. The van der Waals surface area contributed by atoms with Crippen molar-refractivity contribution < 1.29 is 14.7 Å². The molecule has 0 aromatic heterocycles. The number of aliphatic carboxylic acids is 1. The summed E-state index contributed by atoms with van der Waals surface area (Å²) in [5.41, 5.74) is -0.459. The highest BCUT2D eigenvalue weighted by Crippen LogP contribution is 2.24. The van der Waals surface area contributed by atoms with Gasteiger partial charge in [-0.1, -0.05) is 30.3 Å². The minimum Gasteiger partial charge on any atom is -0.480 e. The number of hydrogen-bond donors (Lipinski definition) is 1. The van der Waals surface area contributed by atoms with Crippen molar-refractivity contribution in [2.75, 3.05) is 0 Å². The van der Waals surface area contributed by atoms with E-state index in [1.165, 1.54) is 13.8 Å². The number of carboxylic acid groups (broad SMARTS) is 1. The average Bonchev–Trinajstić information content (AvgIpc) is 2.18. The Balaban J connectivity index is 2.95. The van der Waals surface area contributed by atoms with Crippen molar-refractivity contribution in [1.82, 2.24) is 0 Å². The third-order valence-electron chi connectivity index (χ3n) is 2.65. The van der Waals surface area contributed by atoms with Gasteiger partial charge in [0.2, 0.25) is 0 Å². The molecule has 15 heavy (non-hydrogen) atoms. The number of ketones is 1. The first kappa shape index (κ1) is 11.4. The Morgan fingerprint density at radius 2 is 1.80 bits per heavy atom. The summed E-state index contributed by atoms with van der Waals surface area (Å²) in [5, 5.41) is 9.04. The number of benzene rings is 1. The van der Waals surface area contributed by atoms with Gasteiger partial charge in [0.15, 0.2) is 0 Å². The maximum absolute atomic E-state index is 11.3. The fourth-order valence-corrected chi connectivity index (χ4v) is 1.35. The van der Waals surface area contributed by atoms with Gasteiger partial charge in [0.1, 0.15) is 11.2 Å². The number of hydrogen-bond acceptors (Lipinski definition) is 2. The molecule has 1 atom stereocenters. The molecule has 1 unspecified atom stereocenters. The lowest BCUT2D eigenvalue weighted by molar-refractivity contribution is -0.153. The molecule has 1 rings (SSSR count). The van der Waals surface area contributed by atoms with Crippen molar-refractivity contribution in [3.05, 3.63) is 35.9 Å². The molecule has 3 nitrogen and oxygen atoms in total. The van der Waals surface area contributed by atoms with E-state index in [0.29, 0.717) is 0 Å². The molecule has 0 aliphatic heterocycles. The summed E-state index contributed by atoms with van der Waals surface area (Å²) in [4.78, 5) is 22.4. The summed E-state index contributed by atoms with van der Waals surface area (Å²) >= 11 is 0. The van der Waals surface area contributed by atoms with E-state index in [4.69, 9.17) is 5.11 Å². The van der Waals surface area contributed by atoms with E-state index in [9.17, 15) is 9.59 Å². The lowest BCUT2D eigenvalue weighted by atomic mass is 9.80. The molecule has 1 aromatic carbocycles. The molecule has 0 fully saturated rings. The molecule has 0 radical (unpaired) electrons. The third-order valence-corrected chi connectivity index (χ3v) is 2.65. The third kappa shape index (κ3) is 2.43. The zero-order valence-electron chi connectivity index (χ0n) is 8.86. The topological polar surface area (TPSA) is 54.4 Å². The Morgan fingerprint density at radius 1 is 1.27 bits per heavy atom. The molecule has 1 N–H and O–H groups in total. The van der Waals surface area contributed by atoms with Crippen LogP contribution >= 0.6 is 0 Å². The zero-order valence-corrected chi connectivity index (χ0v) is 8.86. The van der Waals surface area contributed by atoms with Crippen molar-refractivity contribution in [1.29, 1.82) is 0 Å². The number of carbonyl (C=O) groups excluding carboxylic acids is 1. The van der Waals surface area contributed by atoms with E-state index in [2.05, 4.69) is 0 Å². The molecule has 0 amide bonds. The molecule has 0 saturated heterocycles. The van der Waals surface area contributed by atoms with Crippen LogP contribution in [0.5, 0.6) is 0 Å². The van der Waals surface area contributed by atoms with Gasteiger partial charge in [0.25, 0.3) is 0 Å². The molecule has 1 aromatic rings. The normalized spacial score (nSPS) is 14.3. The van der Waals surface area contributed by atoms with Crippen LogP contribution in [0.2, 0.25) is 0 Å². The van der Waals surface area contributed by atoms with Gasteiger partial charge in [-0.3, -0.25) is 9.59 Å². The Kier molecular flexibility index (Phi) is 3.24. The van der Waals surface area contributed by atoms with Gasteiger partial charge in [-0.15, -0.1) is 0 Å². The summed E-state index contributed by atoms with van der Waals surface area (Å²) in [6, 6.07) is 9.17. The second kappa shape index (κ2) is 4.26. The Hall–Kier alpha value is -1.64. The molecule has 0 heterocycles. The summed E-state index contributed by atoms with van der Waals surface area (Å²) < 4.78 is 0. The Morgan fingerprint density at radius 3 is 2.20 bits per heavy atom. The Bertz CT molecular complexity index is 354. The minimum absolute atomic E-state index is 0.235. The smallest absolute Gasteiger partial charge is 0.317 e. The highest BCUT2D eigenvalue weighted by Gasteiger charge is 2.38. The maximum atomic E-state index is 11.3. The van der Waals surface area contributed by atoms with Gasteiger partial charge in [0, 0.05) is 0 Å². The fourth-order valence-electron chi connectivity index (χ4n) is 1.35. The van der Waals surface area contributed by atoms with E-state index < -0.39 is 11.4 Å². The van der Waals surface area contributed by atoms with Crippen LogP contribution < -0.4 is 0 Å². The second-order valence-corrected chi connectivity index (χ2v) is 3.86. The van der Waals surface area contributed by atoms with Gasteiger partial charge >= 0.3 is 5.97 Å².